The van der Waals surface area contributed by atoms with Crippen LogP contribution < -0.4 is 9.47 Å². The van der Waals surface area contributed by atoms with Gasteiger partial charge in [-0.2, -0.15) is 0 Å². The maximum Gasteiger partial charge on any atom is 0.161 e. The van der Waals surface area contributed by atoms with Gasteiger partial charge in [0.05, 0.1) is 26.4 Å². The summed E-state index contributed by atoms with van der Waals surface area (Å²) in [5, 5.41) is 0. The standard InChI is InChI=1S/C30H47NO4/c1(2-4-6-8-14-28-15-9-10-16-28)3-5-7-13-19-31-20-22-32-24-26-34-29-17-11-12-18-30(29)35-27-25-33-23-21-31/h9-12,15,17-18H,1-8,13-14,16,19-27H2. The predicted molar refractivity (Wildman–Crippen MR) is 144 cm³/mol. The highest BCUT2D eigenvalue weighted by Crippen LogP contribution is 2.26. The largest absolute Gasteiger partial charge is 0.487 e. The Hall–Kier alpha value is -1.82. The van der Waals surface area contributed by atoms with Crippen LogP contribution in [0.4, 0.5) is 0 Å². The average Bonchev–Trinajstić information content (AvgIpc) is 3.39. The Labute approximate surface area is 213 Å². The van der Waals surface area contributed by atoms with Crippen LogP contribution in [0.25, 0.3) is 0 Å². The molecule has 5 nitrogen and oxygen atoms in total. The van der Waals surface area contributed by atoms with Crippen LogP contribution in [0.1, 0.15) is 70.6 Å². The van der Waals surface area contributed by atoms with Gasteiger partial charge in [0, 0.05) is 13.1 Å². The second kappa shape index (κ2) is 18.4. The molecule has 3 rings (SSSR count). The number of rotatable bonds is 12. The van der Waals surface area contributed by atoms with Crippen molar-refractivity contribution in [1.29, 1.82) is 0 Å². The van der Waals surface area contributed by atoms with E-state index >= 15 is 0 Å². The molecule has 0 saturated carbocycles. The minimum atomic E-state index is 0.534. The van der Waals surface area contributed by atoms with Gasteiger partial charge in [-0.15, -0.1) is 0 Å². The topological polar surface area (TPSA) is 40.2 Å². The van der Waals surface area contributed by atoms with Gasteiger partial charge in [-0.25, -0.2) is 0 Å². The molecule has 1 heterocycles. The monoisotopic (exact) mass is 485 g/mol. The average molecular weight is 486 g/mol. The van der Waals surface area contributed by atoms with Crippen LogP contribution in [-0.4, -0.2) is 64.2 Å². The number of nitrogens with zero attached hydrogens (tertiary/aromatic N) is 1. The third-order valence-corrected chi connectivity index (χ3v) is 6.74. The van der Waals surface area contributed by atoms with Crippen molar-refractivity contribution in [3.8, 4) is 11.5 Å². The lowest BCUT2D eigenvalue weighted by Crippen LogP contribution is -2.32. The molecule has 1 aromatic rings. The van der Waals surface area contributed by atoms with Crippen LogP contribution >= 0.6 is 0 Å². The van der Waals surface area contributed by atoms with E-state index in [0.717, 1.165) is 44.3 Å². The lowest BCUT2D eigenvalue weighted by atomic mass is 10.0. The van der Waals surface area contributed by atoms with Gasteiger partial charge < -0.3 is 18.9 Å². The minimum absolute atomic E-state index is 0.534. The molecule has 35 heavy (non-hydrogen) atoms. The number of allylic oxidation sites excluding steroid dienone is 4. The molecule has 1 aliphatic carbocycles. The number of benzene rings is 1. The van der Waals surface area contributed by atoms with E-state index in [0.29, 0.717) is 26.4 Å². The van der Waals surface area contributed by atoms with Crippen molar-refractivity contribution in [2.75, 3.05) is 59.3 Å². The minimum Gasteiger partial charge on any atom is -0.487 e. The smallest absolute Gasteiger partial charge is 0.161 e. The number of hydrogen-bond donors (Lipinski definition) is 0. The van der Waals surface area contributed by atoms with Crippen molar-refractivity contribution in [2.24, 2.45) is 0 Å². The van der Waals surface area contributed by atoms with Crippen molar-refractivity contribution < 1.29 is 18.9 Å². The Morgan fingerprint density at radius 3 is 1.77 bits per heavy atom. The highest BCUT2D eigenvalue weighted by Gasteiger charge is 2.08. The summed E-state index contributed by atoms with van der Waals surface area (Å²) >= 11 is 0. The van der Waals surface area contributed by atoms with Crippen molar-refractivity contribution in [3.63, 3.8) is 0 Å². The van der Waals surface area contributed by atoms with Gasteiger partial charge in [0.25, 0.3) is 0 Å². The molecule has 0 radical (unpaired) electrons. The zero-order chi connectivity index (χ0) is 24.2. The van der Waals surface area contributed by atoms with E-state index in [1.165, 1.54) is 70.6 Å². The Morgan fingerprint density at radius 1 is 0.629 bits per heavy atom. The summed E-state index contributed by atoms with van der Waals surface area (Å²) in [5.41, 5.74) is 1.62. The fourth-order valence-electron chi connectivity index (χ4n) is 4.64. The Morgan fingerprint density at radius 2 is 1.20 bits per heavy atom. The molecular formula is C30H47NO4. The first-order valence-corrected chi connectivity index (χ1v) is 14.0. The highest BCUT2D eigenvalue weighted by molar-refractivity contribution is 5.39. The molecular weight excluding hydrogens is 438 g/mol. The van der Waals surface area contributed by atoms with Crippen molar-refractivity contribution in [2.45, 2.75) is 70.6 Å². The molecule has 0 aromatic heterocycles. The molecule has 0 saturated heterocycles. The summed E-state index contributed by atoms with van der Waals surface area (Å²) in [6.45, 7) is 6.73. The lowest BCUT2D eigenvalue weighted by Gasteiger charge is -2.22. The number of para-hydroxylation sites is 2. The number of unbranched alkanes of at least 4 members (excludes halogenated alkanes) is 8. The zero-order valence-corrected chi connectivity index (χ0v) is 21.8. The molecule has 2 aliphatic rings. The summed E-state index contributed by atoms with van der Waals surface area (Å²) in [4.78, 5) is 2.48. The summed E-state index contributed by atoms with van der Waals surface area (Å²) in [6, 6.07) is 7.79. The van der Waals surface area contributed by atoms with E-state index in [4.69, 9.17) is 18.9 Å². The molecule has 0 N–H and O–H groups in total. The molecule has 1 aromatic carbocycles. The van der Waals surface area contributed by atoms with Crippen LogP contribution in [0.15, 0.2) is 48.1 Å². The summed E-state index contributed by atoms with van der Waals surface area (Å²) in [7, 11) is 0. The normalized spacial score (nSPS) is 18.1. The molecule has 0 fully saturated rings. The third-order valence-electron chi connectivity index (χ3n) is 6.74. The van der Waals surface area contributed by atoms with Crippen LogP contribution in [0, 0.1) is 0 Å². The van der Waals surface area contributed by atoms with E-state index in [1.807, 2.05) is 24.3 Å². The second-order valence-corrected chi connectivity index (χ2v) is 9.60. The summed E-state index contributed by atoms with van der Waals surface area (Å²) < 4.78 is 23.3. The zero-order valence-electron chi connectivity index (χ0n) is 21.8. The summed E-state index contributed by atoms with van der Waals surface area (Å²) in [6.07, 6.45) is 21.5. The molecule has 0 spiro atoms. The molecule has 5 heteroatoms. The van der Waals surface area contributed by atoms with Crippen LogP contribution in [-0.2, 0) is 9.47 Å². The maximum absolute atomic E-state index is 5.84. The molecule has 196 valence electrons. The van der Waals surface area contributed by atoms with Crippen molar-refractivity contribution in [1.82, 2.24) is 4.90 Å². The van der Waals surface area contributed by atoms with E-state index in [1.54, 1.807) is 5.57 Å². The van der Waals surface area contributed by atoms with Gasteiger partial charge in [-0.05, 0) is 44.4 Å². The van der Waals surface area contributed by atoms with Crippen LogP contribution in [0.5, 0.6) is 11.5 Å². The van der Waals surface area contributed by atoms with E-state index in [9.17, 15) is 0 Å². The first-order chi connectivity index (χ1) is 17.4. The van der Waals surface area contributed by atoms with Crippen LogP contribution in [0.3, 0.4) is 0 Å². The number of fused-ring (bicyclic) bond motifs is 1. The molecule has 1 aliphatic heterocycles. The van der Waals surface area contributed by atoms with Gasteiger partial charge in [0.2, 0.25) is 0 Å². The summed E-state index contributed by atoms with van der Waals surface area (Å²) in [5.74, 6) is 1.53. The van der Waals surface area contributed by atoms with Gasteiger partial charge in [-0.1, -0.05) is 80.9 Å². The quantitative estimate of drug-likeness (QED) is 0.313. The van der Waals surface area contributed by atoms with Crippen LogP contribution in [0.2, 0.25) is 0 Å². The van der Waals surface area contributed by atoms with E-state index in [-0.39, 0.29) is 0 Å². The van der Waals surface area contributed by atoms with Crippen molar-refractivity contribution in [3.05, 3.63) is 48.1 Å². The van der Waals surface area contributed by atoms with Gasteiger partial charge in [0.15, 0.2) is 11.5 Å². The van der Waals surface area contributed by atoms with Gasteiger partial charge in [0.1, 0.15) is 13.2 Å². The van der Waals surface area contributed by atoms with Gasteiger partial charge in [-0.3, -0.25) is 4.90 Å². The Balaban J connectivity index is 1.19. The fourth-order valence-corrected chi connectivity index (χ4v) is 4.64. The number of ether oxygens (including phenoxy) is 4. The molecule has 0 unspecified atom stereocenters. The number of hydrogen-bond acceptors (Lipinski definition) is 5. The SMILES string of the molecule is C1=CCC(CCCCCCCCCCCN2CCOCCOc3ccccc3OCCOCC2)=C1. The van der Waals surface area contributed by atoms with E-state index in [2.05, 4.69) is 23.1 Å². The first-order valence-electron chi connectivity index (χ1n) is 14.0. The molecule has 0 atom stereocenters. The predicted octanol–water partition coefficient (Wildman–Crippen LogP) is 6.58. The fraction of sp³-hybridized carbons (Fsp3) is 0.667. The second-order valence-electron chi connectivity index (χ2n) is 9.60. The van der Waals surface area contributed by atoms with Crippen molar-refractivity contribution >= 4 is 0 Å². The Bertz CT molecular complexity index is 698. The third kappa shape index (κ3) is 12.6. The maximum atomic E-state index is 5.84. The van der Waals surface area contributed by atoms with Gasteiger partial charge >= 0.3 is 0 Å². The van der Waals surface area contributed by atoms with E-state index < -0.39 is 0 Å². The first kappa shape index (κ1) is 27.8. The molecule has 0 amide bonds. The lowest BCUT2D eigenvalue weighted by molar-refractivity contribution is 0.0593. The molecule has 0 bridgehead atoms. The highest BCUT2D eigenvalue weighted by atomic mass is 16.6. The Kier molecular flexibility index (Phi) is 14.6.